The minimum atomic E-state index is -0.969. The Kier molecular flexibility index (Phi) is 4.71. The van der Waals surface area contributed by atoms with Gasteiger partial charge >= 0.3 is 5.97 Å². The van der Waals surface area contributed by atoms with E-state index < -0.39 is 5.97 Å². The third-order valence-corrected chi connectivity index (χ3v) is 3.22. The lowest BCUT2D eigenvalue weighted by atomic mass is 10.1. The third kappa shape index (κ3) is 3.56. The summed E-state index contributed by atoms with van der Waals surface area (Å²) in [6.07, 6.45) is 0. The highest BCUT2D eigenvalue weighted by molar-refractivity contribution is 6.31. The van der Waals surface area contributed by atoms with Crippen LogP contribution in [0.25, 0.3) is 0 Å². The van der Waals surface area contributed by atoms with Gasteiger partial charge in [0, 0.05) is 23.7 Å². The van der Waals surface area contributed by atoms with Crippen LogP contribution in [-0.2, 0) is 13.1 Å². The molecule has 3 nitrogen and oxygen atoms in total. The van der Waals surface area contributed by atoms with Crippen LogP contribution in [0.3, 0.4) is 0 Å². The zero-order chi connectivity index (χ0) is 14.5. The van der Waals surface area contributed by atoms with E-state index in [1.807, 2.05) is 6.07 Å². The number of hydrogen-bond donors (Lipinski definition) is 2. The van der Waals surface area contributed by atoms with Crippen molar-refractivity contribution in [3.05, 3.63) is 70.0 Å². The molecule has 0 heterocycles. The van der Waals surface area contributed by atoms with Crippen molar-refractivity contribution in [2.24, 2.45) is 0 Å². The van der Waals surface area contributed by atoms with Gasteiger partial charge in [0.15, 0.2) is 0 Å². The van der Waals surface area contributed by atoms with Gasteiger partial charge < -0.3 is 10.4 Å². The Morgan fingerprint density at radius 1 is 1.20 bits per heavy atom. The first kappa shape index (κ1) is 14.5. The predicted molar refractivity (Wildman–Crippen MR) is 75.4 cm³/mol. The van der Waals surface area contributed by atoms with Crippen molar-refractivity contribution in [3.8, 4) is 0 Å². The fourth-order valence-corrected chi connectivity index (χ4v) is 2.08. The van der Waals surface area contributed by atoms with Crippen LogP contribution in [0.5, 0.6) is 0 Å². The summed E-state index contributed by atoms with van der Waals surface area (Å²) < 4.78 is 13.5. The minimum absolute atomic E-state index is 0.230. The molecule has 0 saturated heterocycles. The number of carboxylic acids is 1. The summed E-state index contributed by atoms with van der Waals surface area (Å²) in [6.45, 7) is 0.717. The Morgan fingerprint density at radius 3 is 2.65 bits per heavy atom. The molecule has 0 unspecified atom stereocenters. The quantitative estimate of drug-likeness (QED) is 0.887. The normalized spacial score (nSPS) is 10.5. The summed E-state index contributed by atoms with van der Waals surface area (Å²) in [7, 11) is 0. The molecule has 0 radical (unpaired) electrons. The van der Waals surface area contributed by atoms with E-state index in [-0.39, 0.29) is 17.9 Å². The van der Waals surface area contributed by atoms with E-state index >= 15 is 0 Å². The van der Waals surface area contributed by atoms with Crippen LogP contribution >= 0.6 is 11.6 Å². The lowest BCUT2D eigenvalue weighted by molar-refractivity contribution is 0.0696. The van der Waals surface area contributed by atoms with E-state index in [4.69, 9.17) is 16.7 Å². The molecule has 2 aromatic carbocycles. The molecule has 0 bridgehead atoms. The highest BCUT2D eigenvalue weighted by Crippen LogP contribution is 2.18. The van der Waals surface area contributed by atoms with Crippen molar-refractivity contribution in [1.29, 1.82) is 0 Å². The van der Waals surface area contributed by atoms with E-state index in [1.54, 1.807) is 24.3 Å². The predicted octanol–water partition coefficient (Wildman–Crippen LogP) is 3.47. The van der Waals surface area contributed by atoms with Gasteiger partial charge in [-0.3, -0.25) is 0 Å². The first-order chi connectivity index (χ1) is 9.58. The van der Waals surface area contributed by atoms with Crippen LogP contribution in [0.15, 0.2) is 42.5 Å². The van der Waals surface area contributed by atoms with Crippen LogP contribution in [0.2, 0.25) is 5.02 Å². The second kappa shape index (κ2) is 6.50. The van der Waals surface area contributed by atoms with Gasteiger partial charge in [-0.15, -0.1) is 0 Å². The van der Waals surface area contributed by atoms with E-state index in [9.17, 15) is 9.18 Å². The highest BCUT2D eigenvalue weighted by Gasteiger charge is 2.07. The molecule has 0 aliphatic carbocycles. The molecule has 0 aliphatic heterocycles. The molecule has 2 rings (SSSR count). The molecule has 0 saturated carbocycles. The van der Waals surface area contributed by atoms with Crippen LogP contribution < -0.4 is 5.32 Å². The highest BCUT2D eigenvalue weighted by atomic mass is 35.5. The van der Waals surface area contributed by atoms with Crippen molar-refractivity contribution >= 4 is 17.6 Å². The number of benzene rings is 2. The van der Waals surface area contributed by atoms with Crippen molar-refractivity contribution in [2.45, 2.75) is 13.1 Å². The lowest BCUT2D eigenvalue weighted by Gasteiger charge is -2.08. The molecule has 0 atom stereocenters. The van der Waals surface area contributed by atoms with E-state index in [0.29, 0.717) is 17.1 Å². The summed E-state index contributed by atoms with van der Waals surface area (Å²) >= 11 is 5.92. The van der Waals surface area contributed by atoms with Gasteiger partial charge in [0.25, 0.3) is 0 Å². The molecule has 20 heavy (non-hydrogen) atoms. The zero-order valence-corrected chi connectivity index (χ0v) is 11.3. The lowest BCUT2D eigenvalue weighted by Crippen LogP contribution is -2.14. The average molecular weight is 294 g/mol. The molecule has 5 heteroatoms. The molecule has 0 fully saturated rings. The maximum absolute atomic E-state index is 13.5. The maximum Gasteiger partial charge on any atom is 0.335 e. The Bertz CT molecular complexity index is 611. The molecule has 104 valence electrons. The first-order valence-electron chi connectivity index (χ1n) is 6.04. The number of carboxylic acid groups (broad SMARTS) is 1. The van der Waals surface area contributed by atoms with Crippen LogP contribution in [0.1, 0.15) is 21.5 Å². The molecule has 0 aromatic heterocycles. The van der Waals surface area contributed by atoms with Crippen molar-refractivity contribution in [3.63, 3.8) is 0 Å². The molecule has 0 amide bonds. The number of carbonyl (C=O) groups is 1. The van der Waals surface area contributed by atoms with E-state index in [1.165, 1.54) is 12.1 Å². The fourth-order valence-electron chi connectivity index (χ4n) is 1.85. The summed E-state index contributed by atoms with van der Waals surface area (Å²) in [5.74, 6) is -1.33. The fraction of sp³-hybridized carbons (Fsp3) is 0.133. The summed E-state index contributed by atoms with van der Waals surface area (Å²) in [6, 6.07) is 11.1. The van der Waals surface area contributed by atoms with Gasteiger partial charge in [-0.1, -0.05) is 29.8 Å². The van der Waals surface area contributed by atoms with Gasteiger partial charge in [-0.25, -0.2) is 9.18 Å². The SMILES string of the molecule is O=C(O)c1cccc(CNCc2c(F)cccc2Cl)c1. The van der Waals surface area contributed by atoms with Crippen molar-refractivity contribution in [1.82, 2.24) is 5.32 Å². The van der Waals surface area contributed by atoms with Gasteiger partial charge in [-0.2, -0.15) is 0 Å². The first-order valence-corrected chi connectivity index (χ1v) is 6.41. The molecular weight excluding hydrogens is 281 g/mol. The minimum Gasteiger partial charge on any atom is -0.478 e. The summed E-state index contributed by atoms with van der Waals surface area (Å²) in [4.78, 5) is 10.9. The van der Waals surface area contributed by atoms with E-state index in [0.717, 1.165) is 5.56 Å². The number of halogens is 2. The maximum atomic E-state index is 13.5. The average Bonchev–Trinajstić information content (AvgIpc) is 2.42. The topological polar surface area (TPSA) is 49.3 Å². The van der Waals surface area contributed by atoms with Crippen LogP contribution in [0, 0.1) is 5.82 Å². The van der Waals surface area contributed by atoms with Gasteiger partial charge in [0.2, 0.25) is 0 Å². The summed E-state index contributed by atoms with van der Waals surface area (Å²) in [5, 5.41) is 12.3. The molecule has 2 N–H and O–H groups in total. The Morgan fingerprint density at radius 2 is 1.95 bits per heavy atom. The second-order valence-electron chi connectivity index (χ2n) is 4.31. The van der Waals surface area contributed by atoms with Gasteiger partial charge in [-0.05, 0) is 29.8 Å². The second-order valence-corrected chi connectivity index (χ2v) is 4.72. The largest absolute Gasteiger partial charge is 0.478 e. The smallest absolute Gasteiger partial charge is 0.335 e. The molecule has 0 spiro atoms. The number of hydrogen-bond acceptors (Lipinski definition) is 2. The summed E-state index contributed by atoms with van der Waals surface area (Å²) in [5.41, 5.74) is 1.45. The van der Waals surface area contributed by atoms with Gasteiger partial charge in [0.05, 0.1) is 5.56 Å². The third-order valence-electron chi connectivity index (χ3n) is 2.87. The zero-order valence-electron chi connectivity index (χ0n) is 10.6. The monoisotopic (exact) mass is 293 g/mol. The molecular formula is C15H13ClFNO2. The van der Waals surface area contributed by atoms with Crippen LogP contribution in [-0.4, -0.2) is 11.1 Å². The van der Waals surface area contributed by atoms with Gasteiger partial charge in [0.1, 0.15) is 5.82 Å². The Balaban J connectivity index is 1.99. The van der Waals surface area contributed by atoms with Crippen molar-refractivity contribution < 1.29 is 14.3 Å². The Labute approximate surface area is 121 Å². The van der Waals surface area contributed by atoms with Crippen LogP contribution in [0.4, 0.5) is 4.39 Å². The number of rotatable bonds is 5. The van der Waals surface area contributed by atoms with E-state index in [2.05, 4.69) is 5.32 Å². The standard InChI is InChI=1S/C15H13ClFNO2/c16-13-5-2-6-14(17)12(13)9-18-8-10-3-1-4-11(7-10)15(19)20/h1-7,18H,8-9H2,(H,19,20). The Hall–Kier alpha value is -1.91. The van der Waals surface area contributed by atoms with Crippen molar-refractivity contribution in [2.75, 3.05) is 0 Å². The number of nitrogens with one attached hydrogen (secondary N) is 1. The molecule has 0 aliphatic rings. The molecule has 2 aromatic rings. The number of aromatic carboxylic acids is 1.